The molecule has 0 aliphatic carbocycles. The number of carbonyl (C=O) groups excluding carboxylic acids is 2. The molecular weight excluding hydrogens is 366 g/mol. The van der Waals surface area contributed by atoms with Crippen LogP contribution >= 0.6 is 23.4 Å². The van der Waals surface area contributed by atoms with Crippen molar-refractivity contribution in [1.82, 2.24) is 10.1 Å². The summed E-state index contributed by atoms with van der Waals surface area (Å²) in [7, 11) is 2.89. The second-order valence-electron chi connectivity index (χ2n) is 5.78. The molecule has 1 heterocycles. The van der Waals surface area contributed by atoms with Crippen molar-refractivity contribution in [2.75, 3.05) is 32.3 Å². The standard InChI is InChI=1S/C16H22ClN3O4S/c1-16(25-4)7-8-24-20(14(16)21)10-11-5-6-12(9-13(11)17)18-15(22)19(2)23-3/h5-6,9H,7-8,10H2,1-4H3,(H,18,22). The van der Waals surface area contributed by atoms with Crippen LogP contribution in [0.2, 0.25) is 5.02 Å². The Balaban J connectivity index is 2.08. The maximum Gasteiger partial charge on any atom is 0.345 e. The molecular formula is C16H22ClN3O4S. The summed E-state index contributed by atoms with van der Waals surface area (Å²) in [6.45, 7) is 2.65. The van der Waals surface area contributed by atoms with Crippen molar-refractivity contribution in [1.29, 1.82) is 0 Å². The van der Waals surface area contributed by atoms with Crippen LogP contribution in [0.15, 0.2) is 18.2 Å². The summed E-state index contributed by atoms with van der Waals surface area (Å²) < 4.78 is -0.483. The van der Waals surface area contributed by atoms with Crippen molar-refractivity contribution in [2.24, 2.45) is 0 Å². The Kier molecular flexibility index (Phi) is 6.56. The molecule has 3 amide bonds. The van der Waals surface area contributed by atoms with E-state index in [1.807, 2.05) is 13.2 Å². The molecule has 1 saturated heterocycles. The van der Waals surface area contributed by atoms with Gasteiger partial charge in [-0.25, -0.2) is 14.9 Å². The van der Waals surface area contributed by atoms with E-state index in [0.717, 1.165) is 10.6 Å². The largest absolute Gasteiger partial charge is 0.345 e. The smallest absolute Gasteiger partial charge is 0.306 e. The number of nitrogens with one attached hydrogen (secondary N) is 1. The number of urea groups is 1. The number of thioether (sulfide) groups is 1. The van der Waals surface area contributed by atoms with Crippen LogP contribution in [0.5, 0.6) is 0 Å². The fraction of sp³-hybridized carbons (Fsp3) is 0.500. The highest BCUT2D eigenvalue weighted by Gasteiger charge is 2.40. The van der Waals surface area contributed by atoms with Crippen LogP contribution in [-0.4, -0.2) is 53.8 Å². The van der Waals surface area contributed by atoms with E-state index >= 15 is 0 Å². The van der Waals surface area contributed by atoms with E-state index < -0.39 is 10.8 Å². The summed E-state index contributed by atoms with van der Waals surface area (Å²) in [6, 6.07) is 4.68. The van der Waals surface area contributed by atoms with Gasteiger partial charge in [0.1, 0.15) is 0 Å². The van der Waals surface area contributed by atoms with Crippen molar-refractivity contribution in [2.45, 2.75) is 24.6 Å². The van der Waals surface area contributed by atoms with Crippen molar-refractivity contribution < 1.29 is 19.3 Å². The van der Waals surface area contributed by atoms with Crippen LogP contribution in [-0.2, 0) is 21.0 Å². The van der Waals surface area contributed by atoms with Crippen LogP contribution in [0.25, 0.3) is 0 Å². The molecule has 25 heavy (non-hydrogen) atoms. The topological polar surface area (TPSA) is 71.1 Å². The number of amides is 3. The summed E-state index contributed by atoms with van der Waals surface area (Å²) in [5.74, 6) is -0.0681. The van der Waals surface area contributed by atoms with Crippen LogP contribution in [0, 0.1) is 0 Å². The molecule has 1 atom stereocenters. The number of hydrogen-bond acceptors (Lipinski definition) is 5. The zero-order valence-electron chi connectivity index (χ0n) is 14.7. The molecule has 0 saturated carbocycles. The molecule has 2 rings (SSSR count). The van der Waals surface area contributed by atoms with Gasteiger partial charge in [0.2, 0.25) is 0 Å². The first-order valence-electron chi connectivity index (χ1n) is 7.68. The van der Waals surface area contributed by atoms with Gasteiger partial charge in [-0.15, -0.1) is 11.8 Å². The highest BCUT2D eigenvalue weighted by atomic mass is 35.5. The average Bonchev–Trinajstić information content (AvgIpc) is 2.60. The minimum absolute atomic E-state index is 0.0681. The first-order valence-corrected chi connectivity index (χ1v) is 9.28. The zero-order valence-corrected chi connectivity index (χ0v) is 16.2. The van der Waals surface area contributed by atoms with Gasteiger partial charge in [0.15, 0.2) is 0 Å². The monoisotopic (exact) mass is 387 g/mol. The first kappa shape index (κ1) is 19.8. The number of hydrogen-bond donors (Lipinski definition) is 1. The number of rotatable bonds is 5. The lowest BCUT2D eigenvalue weighted by Gasteiger charge is -2.37. The van der Waals surface area contributed by atoms with Crippen molar-refractivity contribution in [3.63, 3.8) is 0 Å². The summed E-state index contributed by atoms with van der Waals surface area (Å²) in [4.78, 5) is 34.7. The van der Waals surface area contributed by atoms with E-state index in [1.165, 1.54) is 31.0 Å². The molecule has 9 heteroatoms. The average molecular weight is 388 g/mol. The normalized spacial score (nSPS) is 20.5. The van der Waals surface area contributed by atoms with E-state index in [1.54, 1.807) is 18.2 Å². The van der Waals surface area contributed by atoms with E-state index in [-0.39, 0.29) is 12.5 Å². The number of anilines is 1. The third kappa shape index (κ3) is 4.58. The van der Waals surface area contributed by atoms with E-state index in [2.05, 4.69) is 5.32 Å². The quantitative estimate of drug-likeness (QED) is 0.786. The second-order valence-corrected chi connectivity index (χ2v) is 7.49. The van der Waals surface area contributed by atoms with E-state index in [0.29, 0.717) is 23.7 Å². The van der Waals surface area contributed by atoms with Gasteiger partial charge in [0, 0.05) is 17.8 Å². The maximum atomic E-state index is 12.6. The molecule has 7 nitrogen and oxygen atoms in total. The third-order valence-corrected chi connectivity index (χ3v) is 5.77. The molecule has 138 valence electrons. The summed E-state index contributed by atoms with van der Waals surface area (Å²) >= 11 is 7.82. The molecule has 0 spiro atoms. The summed E-state index contributed by atoms with van der Waals surface area (Å²) in [5, 5.41) is 5.51. The molecule has 0 bridgehead atoms. The van der Waals surface area contributed by atoms with Gasteiger partial charge >= 0.3 is 6.03 Å². The lowest BCUT2D eigenvalue weighted by Crippen LogP contribution is -2.49. The fourth-order valence-electron chi connectivity index (χ4n) is 2.28. The molecule has 1 aliphatic rings. The number of hydroxylamine groups is 4. The van der Waals surface area contributed by atoms with Gasteiger partial charge in [-0.3, -0.25) is 14.5 Å². The first-order chi connectivity index (χ1) is 11.8. The molecule has 1 aromatic carbocycles. The predicted molar refractivity (Wildman–Crippen MR) is 98.3 cm³/mol. The highest BCUT2D eigenvalue weighted by Crippen LogP contribution is 2.33. The summed E-state index contributed by atoms with van der Waals surface area (Å²) in [5.41, 5.74) is 1.26. The summed E-state index contributed by atoms with van der Waals surface area (Å²) in [6.07, 6.45) is 2.60. The Morgan fingerprint density at radius 3 is 2.88 bits per heavy atom. The zero-order chi connectivity index (χ0) is 18.6. The molecule has 1 unspecified atom stereocenters. The van der Waals surface area contributed by atoms with Gasteiger partial charge in [-0.2, -0.15) is 0 Å². The maximum absolute atomic E-state index is 12.6. The Morgan fingerprint density at radius 2 is 2.28 bits per heavy atom. The second kappa shape index (κ2) is 8.27. The van der Waals surface area contributed by atoms with Crippen molar-refractivity contribution >= 4 is 41.0 Å². The number of carbonyl (C=O) groups is 2. The Bertz CT molecular complexity index is 660. The SMILES string of the molecule is CON(C)C(=O)Nc1ccc(CN2OCCC(C)(SC)C2=O)c(Cl)c1. The lowest BCUT2D eigenvalue weighted by atomic mass is 10.0. The Morgan fingerprint density at radius 1 is 1.56 bits per heavy atom. The van der Waals surface area contributed by atoms with Crippen LogP contribution in [0.3, 0.4) is 0 Å². The van der Waals surface area contributed by atoms with Crippen LogP contribution in [0.4, 0.5) is 10.5 Å². The molecule has 1 aliphatic heterocycles. The van der Waals surface area contributed by atoms with Gasteiger partial charge in [0.25, 0.3) is 5.91 Å². The minimum Gasteiger partial charge on any atom is -0.306 e. The van der Waals surface area contributed by atoms with E-state index in [4.69, 9.17) is 21.3 Å². The van der Waals surface area contributed by atoms with Gasteiger partial charge in [0.05, 0.1) is 25.0 Å². The fourth-order valence-corrected chi connectivity index (χ4v) is 3.08. The number of nitrogens with zero attached hydrogens (tertiary/aromatic N) is 2. The minimum atomic E-state index is -0.483. The molecule has 0 radical (unpaired) electrons. The lowest BCUT2D eigenvalue weighted by molar-refractivity contribution is -0.206. The molecule has 0 aromatic heterocycles. The third-order valence-electron chi connectivity index (χ3n) is 4.13. The van der Waals surface area contributed by atoms with E-state index in [9.17, 15) is 9.59 Å². The Hall–Kier alpha value is -1.48. The van der Waals surface area contributed by atoms with Crippen LogP contribution < -0.4 is 5.32 Å². The Labute approximate surface area is 156 Å². The number of benzene rings is 1. The van der Waals surface area contributed by atoms with Crippen molar-refractivity contribution in [3.05, 3.63) is 28.8 Å². The number of halogens is 1. The predicted octanol–water partition coefficient (Wildman–Crippen LogP) is 3.15. The van der Waals surface area contributed by atoms with Gasteiger partial charge < -0.3 is 5.32 Å². The molecule has 1 aromatic rings. The molecule has 1 N–H and O–H groups in total. The van der Waals surface area contributed by atoms with Gasteiger partial charge in [-0.1, -0.05) is 17.7 Å². The van der Waals surface area contributed by atoms with Crippen LogP contribution in [0.1, 0.15) is 18.9 Å². The highest BCUT2D eigenvalue weighted by molar-refractivity contribution is 8.00. The van der Waals surface area contributed by atoms with Crippen molar-refractivity contribution in [3.8, 4) is 0 Å². The van der Waals surface area contributed by atoms with Gasteiger partial charge in [-0.05, 0) is 37.3 Å². The molecule has 1 fully saturated rings.